The van der Waals surface area contributed by atoms with Crippen LogP contribution in [0.4, 0.5) is 0 Å². The summed E-state index contributed by atoms with van der Waals surface area (Å²) < 4.78 is 27.0. The minimum Gasteiger partial charge on any atom is -0.332 e. The van der Waals surface area contributed by atoms with Crippen molar-refractivity contribution in [3.05, 3.63) is 12.0 Å². The minimum absolute atomic E-state index is 0.0122. The summed E-state index contributed by atoms with van der Waals surface area (Å²) in [7, 11) is -3.53. The zero-order chi connectivity index (χ0) is 13.6. The molecule has 0 aromatic carbocycles. The van der Waals surface area contributed by atoms with E-state index in [0.717, 1.165) is 0 Å². The molecule has 1 fully saturated rings. The van der Waals surface area contributed by atoms with Gasteiger partial charge < -0.3 is 4.98 Å². The van der Waals surface area contributed by atoms with Gasteiger partial charge in [-0.3, -0.25) is 0 Å². The monoisotopic (exact) mass is 291 g/mol. The van der Waals surface area contributed by atoms with E-state index in [-0.39, 0.29) is 21.9 Å². The molecule has 1 aliphatic rings. The average molecular weight is 292 g/mol. The largest absolute Gasteiger partial charge is 0.332 e. The van der Waals surface area contributed by atoms with Gasteiger partial charge in [-0.25, -0.2) is 18.1 Å². The molecule has 1 aromatic rings. The van der Waals surface area contributed by atoms with Crippen LogP contribution in [0.25, 0.3) is 0 Å². The van der Waals surface area contributed by atoms with Crippen LogP contribution in [-0.4, -0.2) is 29.8 Å². The van der Waals surface area contributed by atoms with Crippen molar-refractivity contribution in [2.75, 3.05) is 0 Å². The zero-order valence-corrected chi connectivity index (χ0v) is 12.3. The standard InChI is InChI=1S/C11H18ClN3O2S/c1-4-9-13-6-10(14-9)18(16,17)15-8-5-7(12)11(8,2)3/h6-8,15H,4-5H2,1-3H3,(H,13,14). The van der Waals surface area contributed by atoms with Crippen LogP contribution in [0.15, 0.2) is 11.2 Å². The first-order valence-electron chi connectivity index (χ1n) is 5.97. The molecule has 102 valence electrons. The summed E-state index contributed by atoms with van der Waals surface area (Å²) in [6.45, 7) is 5.84. The third kappa shape index (κ3) is 2.29. The van der Waals surface area contributed by atoms with Gasteiger partial charge in [0.05, 0.1) is 6.20 Å². The van der Waals surface area contributed by atoms with Crippen molar-refractivity contribution in [2.24, 2.45) is 5.41 Å². The Bertz CT molecular complexity index is 538. The predicted molar refractivity (Wildman–Crippen MR) is 70.1 cm³/mol. The number of aromatic nitrogens is 2. The van der Waals surface area contributed by atoms with Crippen molar-refractivity contribution >= 4 is 21.6 Å². The Kier molecular flexibility index (Phi) is 3.46. The second kappa shape index (κ2) is 4.51. The van der Waals surface area contributed by atoms with Gasteiger partial charge in [0.25, 0.3) is 10.0 Å². The van der Waals surface area contributed by atoms with Gasteiger partial charge in [0.2, 0.25) is 0 Å². The van der Waals surface area contributed by atoms with Crippen molar-refractivity contribution in [1.82, 2.24) is 14.7 Å². The molecule has 0 saturated heterocycles. The number of aromatic amines is 1. The Labute approximate surface area is 112 Å². The first-order valence-corrected chi connectivity index (χ1v) is 7.89. The number of H-pyrrole nitrogens is 1. The minimum atomic E-state index is -3.53. The number of hydrogen-bond acceptors (Lipinski definition) is 3. The summed E-state index contributed by atoms with van der Waals surface area (Å²) in [4.78, 5) is 6.80. The molecule has 0 radical (unpaired) electrons. The highest BCUT2D eigenvalue weighted by Crippen LogP contribution is 2.44. The number of alkyl halides is 1. The van der Waals surface area contributed by atoms with E-state index in [9.17, 15) is 8.42 Å². The Hall–Kier alpha value is -0.590. The summed E-state index contributed by atoms with van der Waals surface area (Å²) in [5.74, 6) is 0.665. The molecular weight excluding hydrogens is 274 g/mol. The molecule has 2 N–H and O–H groups in total. The van der Waals surface area contributed by atoms with E-state index in [1.165, 1.54) is 6.20 Å². The van der Waals surface area contributed by atoms with Gasteiger partial charge in [-0.15, -0.1) is 11.6 Å². The van der Waals surface area contributed by atoms with E-state index in [1.807, 2.05) is 20.8 Å². The maximum Gasteiger partial charge on any atom is 0.257 e. The summed E-state index contributed by atoms with van der Waals surface area (Å²) in [5, 5.41) is 0.131. The summed E-state index contributed by atoms with van der Waals surface area (Å²) >= 11 is 6.08. The van der Waals surface area contributed by atoms with Crippen LogP contribution >= 0.6 is 11.6 Å². The van der Waals surface area contributed by atoms with Crippen molar-refractivity contribution in [3.63, 3.8) is 0 Å². The molecular formula is C11H18ClN3O2S. The molecule has 0 aliphatic heterocycles. The number of rotatable bonds is 4. The van der Waals surface area contributed by atoms with Crippen LogP contribution in [-0.2, 0) is 16.4 Å². The van der Waals surface area contributed by atoms with E-state index >= 15 is 0 Å². The fraction of sp³-hybridized carbons (Fsp3) is 0.727. The van der Waals surface area contributed by atoms with E-state index in [4.69, 9.17) is 11.6 Å². The average Bonchev–Trinajstić information content (AvgIpc) is 2.77. The number of halogens is 1. The topological polar surface area (TPSA) is 74.8 Å². The number of hydrogen-bond donors (Lipinski definition) is 2. The van der Waals surface area contributed by atoms with Crippen molar-refractivity contribution in [3.8, 4) is 0 Å². The smallest absolute Gasteiger partial charge is 0.257 e. The molecule has 0 spiro atoms. The van der Waals surface area contributed by atoms with Gasteiger partial charge >= 0.3 is 0 Å². The first-order chi connectivity index (χ1) is 8.27. The molecule has 0 bridgehead atoms. The van der Waals surface area contributed by atoms with Crippen LogP contribution in [0.5, 0.6) is 0 Å². The molecule has 2 rings (SSSR count). The lowest BCUT2D eigenvalue weighted by molar-refractivity contribution is 0.137. The van der Waals surface area contributed by atoms with E-state index < -0.39 is 10.0 Å². The van der Waals surface area contributed by atoms with E-state index in [1.54, 1.807) is 0 Å². The third-order valence-corrected chi connectivity index (χ3v) is 5.80. The molecule has 2 atom stereocenters. The molecule has 2 unspecified atom stereocenters. The van der Waals surface area contributed by atoms with Gasteiger partial charge in [0, 0.05) is 17.8 Å². The zero-order valence-electron chi connectivity index (χ0n) is 10.7. The molecule has 1 aliphatic carbocycles. The van der Waals surface area contributed by atoms with Gasteiger partial charge in [0.1, 0.15) is 5.82 Å². The summed E-state index contributed by atoms with van der Waals surface area (Å²) in [6.07, 6.45) is 2.68. The first kappa shape index (κ1) is 13.8. The van der Waals surface area contributed by atoms with E-state index in [0.29, 0.717) is 18.7 Å². The maximum absolute atomic E-state index is 12.1. The van der Waals surface area contributed by atoms with Crippen LogP contribution in [0.3, 0.4) is 0 Å². The number of sulfonamides is 1. The summed E-state index contributed by atoms with van der Waals surface area (Å²) in [5.41, 5.74) is -0.220. The number of imidazole rings is 1. The SMILES string of the molecule is CCc1ncc(S(=O)(=O)NC2CC(Cl)C2(C)C)[nH]1. The molecule has 5 nitrogen and oxygen atoms in total. The Balaban J connectivity index is 2.13. The number of nitrogens with zero attached hydrogens (tertiary/aromatic N) is 1. The lowest BCUT2D eigenvalue weighted by Crippen LogP contribution is -2.59. The number of aryl methyl sites for hydroxylation is 1. The van der Waals surface area contributed by atoms with Gasteiger partial charge in [-0.2, -0.15) is 0 Å². The fourth-order valence-electron chi connectivity index (χ4n) is 1.98. The van der Waals surface area contributed by atoms with Crippen LogP contribution in [0, 0.1) is 5.41 Å². The Morgan fingerprint density at radius 3 is 2.72 bits per heavy atom. The lowest BCUT2D eigenvalue weighted by Gasteiger charge is -2.48. The molecule has 7 heteroatoms. The van der Waals surface area contributed by atoms with Gasteiger partial charge in [-0.1, -0.05) is 20.8 Å². The van der Waals surface area contributed by atoms with Crippen LogP contribution in [0.1, 0.15) is 33.0 Å². The third-order valence-electron chi connectivity index (χ3n) is 3.68. The second-order valence-corrected chi connectivity index (χ2v) is 7.46. The molecule has 18 heavy (non-hydrogen) atoms. The predicted octanol–water partition coefficient (Wildman–Crippen LogP) is 1.66. The molecule has 1 aromatic heterocycles. The quantitative estimate of drug-likeness (QED) is 0.829. The Morgan fingerprint density at radius 2 is 2.28 bits per heavy atom. The number of nitrogens with one attached hydrogen (secondary N) is 2. The van der Waals surface area contributed by atoms with E-state index in [2.05, 4.69) is 14.7 Å². The highest BCUT2D eigenvalue weighted by atomic mass is 35.5. The van der Waals surface area contributed by atoms with Gasteiger partial charge in [0.15, 0.2) is 5.03 Å². The molecule has 0 amide bonds. The van der Waals surface area contributed by atoms with Crippen LogP contribution < -0.4 is 4.72 Å². The Morgan fingerprint density at radius 1 is 1.61 bits per heavy atom. The maximum atomic E-state index is 12.1. The molecule has 1 heterocycles. The van der Waals surface area contributed by atoms with Crippen molar-refractivity contribution < 1.29 is 8.42 Å². The van der Waals surface area contributed by atoms with Crippen molar-refractivity contribution in [1.29, 1.82) is 0 Å². The highest BCUT2D eigenvalue weighted by molar-refractivity contribution is 7.89. The van der Waals surface area contributed by atoms with Crippen molar-refractivity contribution in [2.45, 2.75) is 50.1 Å². The summed E-state index contributed by atoms with van der Waals surface area (Å²) in [6, 6.07) is -0.127. The second-order valence-electron chi connectivity index (χ2n) is 5.25. The van der Waals surface area contributed by atoms with Crippen LogP contribution in [0.2, 0.25) is 0 Å². The lowest BCUT2D eigenvalue weighted by atomic mass is 9.67. The molecule has 1 saturated carbocycles. The highest BCUT2D eigenvalue weighted by Gasteiger charge is 2.48. The fourth-order valence-corrected chi connectivity index (χ4v) is 3.66. The normalized spacial score (nSPS) is 26.9. The van der Waals surface area contributed by atoms with Gasteiger partial charge in [-0.05, 0) is 11.8 Å².